The highest BCUT2D eigenvalue weighted by Gasteiger charge is 2.13. The number of aromatic carboxylic acids is 1. The van der Waals surface area contributed by atoms with Crippen LogP contribution in [0.1, 0.15) is 10.4 Å². The summed E-state index contributed by atoms with van der Waals surface area (Å²) in [6, 6.07) is 11.6. The first-order chi connectivity index (χ1) is 9.95. The Kier molecular flexibility index (Phi) is 5.39. The van der Waals surface area contributed by atoms with Gasteiger partial charge in [-0.3, -0.25) is 0 Å². The van der Waals surface area contributed by atoms with E-state index in [9.17, 15) is 9.59 Å². The minimum absolute atomic E-state index is 0.0552. The largest absolute Gasteiger partial charge is 0.478 e. The van der Waals surface area contributed by atoms with Crippen LogP contribution in [0.4, 0.5) is 16.2 Å². The molecule has 0 saturated carbocycles. The molecule has 0 aliphatic carbocycles. The zero-order chi connectivity index (χ0) is 15.4. The van der Waals surface area contributed by atoms with Crippen LogP contribution in [0, 0.1) is 7.14 Å². The van der Waals surface area contributed by atoms with E-state index in [4.69, 9.17) is 5.11 Å². The van der Waals surface area contributed by atoms with Crippen molar-refractivity contribution < 1.29 is 14.7 Å². The number of rotatable bonds is 3. The van der Waals surface area contributed by atoms with E-state index in [1.54, 1.807) is 24.3 Å². The van der Waals surface area contributed by atoms with Crippen molar-refractivity contribution in [2.45, 2.75) is 0 Å². The molecule has 108 valence electrons. The highest BCUT2D eigenvalue weighted by molar-refractivity contribution is 14.1. The average Bonchev–Trinajstić information content (AvgIpc) is 2.43. The van der Waals surface area contributed by atoms with E-state index in [-0.39, 0.29) is 11.3 Å². The maximum atomic E-state index is 11.9. The third-order valence-electron chi connectivity index (χ3n) is 2.56. The Morgan fingerprint density at radius 1 is 0.905 bits per heavy atom. The zero-order valence-electron chi connectivity index (χ0n) is 10.6. The van der Waals surface area contributed by atoms with Crippen molar-refractivity contribution in [3.8, 4) is 0 Å². The number of amides is 2. The van der Waals surface area contributed by atoms with Gasteiger partial charge in [0.1, 0.15) is 0 Å². The Labute approximate surface area is 148 Å². The molecule has 2 aromatic rings. The summed E-state index contributed by atoms with van der Waals surface area (Å²) in [5, 5.41) is 14.3. The fraction of sp³-hybridized carbons (Fsp3) is 0. The van der Waals surface area contributed by atoms with E-state index in [0.717, 1.165) is 7.14 Å². The molecular weight excluding hydrogens is 498 g/mol. The Hall–Kier alpha value is -1.36. The predicted molar refractivity (Wildman–Crippen MR) is 97.9 cm³/mol. The molecule has 5 nitrogen and oxygen atoms in total. The standard InChI is InChI=1S/C14H10I2N2O3/c15-8-1-4-10(5-2-8)17-14(21)18-12-6-3-9(16)7-11(12)13(19)20/h1-7H,(H,19,20)(H2,17,18,21). The molecule has 0 spiro atoms. The lowest BCUT2D eigenvalue weighted by atomic mass is 10.2. The molecule has 2 rings (SSSR count). The van der Waals surface area contributed by atoms with Crippen molar-refractivity contribution in [3.05, 3.63) is 55.2 Å². The molecular formula is C14H10I2N2O3. The van der Waals surface area contributed by atoms with Gasteiger partial charge in [0, 0.05) is 12.8 Å². The zero-order valence-corrected chi connectivity index (χ0v) is 14.9. The number of urea groups is 1. The van der Waals surface area contributed by atoms with Crippen LogP contribution >= 0.6 is 45.2 Å². The van der Waals surface area contributed by atoms with E-state index >= 15 is 0 Å². The molecule has 0 radical (unpaired) electrons. The molecule has 2 amide bonds. The smallest absolute Gasteiger partial charge is 0.337 e. The van der Waals surface area contributed by atoms with E-state index < -0.39 is 12.0 Å². The number of carboxylic acid groups (broad SMARTS) is 1. The summed E-state index contributed by atoms with van der Waals surface area (Å²) in [6.45, 7) is 0. The fourth-order valence-corrected chi connectivity index (χ4v) is 2.47. The van der Waals surface area contributed by atoms with Crippen molar-refractivity contribution in [1.82, 2.24) is 0 Å². The highest BCUT2D eigenvalue weighted by Crippen LogP contribution is 2.19. The Balaban J connectivity index is 2.12. The number of benzene rings is 2. The van der Waals surface area contributed by atoms with Gasteiger partial charge in [0.05, 0.1) is 11.3 Å². The molecule has 21 heavy (non-hydrogen) atoms. The number of hydrogen-bond acceptors (Lipinski definition) is 2. The first kappa shape index (κ1) is 16.0. The Morgan fingerprint density at radius 2 is 1.52 bits per heavy atom. The molecule has 0 bridgehead atoms. The molecule has 7 heteroatoms. The number of carboxylic acids is 1. The molecule has 0 fully saturated rings. The minimum Gasteiger partial charge on any atom is -0.478 e. The summed E-state index contributed by atoms with van der Waals surface area (Å²) in [6.07, 6.45) is 0. The van der Waals surface area contributed by atoms with Gasteiger partial charge < -0.3 is 15.7 Å². The van der Waals surface area contributed by atoms with Crippen LogP contribution in [0.3, 0.4) is 0 Å². The average molecular weight is 508 g/mol. The molecule has 0 saturated heterocycles. The molecule has 0 heterocycles. The van der Waals surface area contributed by atoms with Crippen LogP contribution in [0.15, 0.2) is 42.5 Å². The number of nitrogens with one attached hydrogen (secondary N) is 2. The second-order valence-electron chi connectivity index (χ2n) is 4.08. The van der Waals surface area contributed by atoms with Gasteiger partial charge >= 0.3 is 12.0 Å². The second kappa shape index (κ2) is 7.07. The Morgan fingerprint density at radius 3 is 2.14 bits per heavy atom. The van der Waals surface area contributed by atoms with Crippen LogP contribution in [0.5, 0.6) is 0 Å². The van der Waals surface area contributed by atoms with Crippen LogP contribution in [-0.4, -0.2) is 17.1 Å². The van der Waals surface area contributed by atoms with Crippen molar-refractivity contribution in [2.24, 2.45) is 0 Å². The lowest BCUT2D eigenvalue weighted by Gasteiger charge is -2.10. The minimum atomic E-state index is -1.09. The Bertz CT molecular complexity index is 687. The van der Waals surface area contributed by atoms with Crippen LogP contribution in [0.2, 0.25) is 0 Å². The van der Waals surface area contributed by atoms with E-state index in [1.807, 2.05) is 34.7 Å². The highest BCUT2D eigenvalue weighted by atomic mass is 127. The molecule has 0 unspecified atom stereocenters. The fourth-order valence-electron chi connectivity index (χ4n) is 1.62. The number of halogens is 2. The first-order valence-electron chi connectivity index (χ1n) is 5.82. The molecule has 0 aliphatic rings. The SMILES string of the molecule is O=C(Nc1ccc(I)cc1)Nc1ccc(I)cc1C(=O)O. The first-order valence-corrected chi connectivity index (χ1v) is 7.98. The van der Waals surface area contributed by atoms with Gasteiger partial charge in [-0.25, -0.2) is 9.59 Å². The molecule has 3 N–H and O–H groups in total. The third-order valence-corrected chi connectivity index (χ3v) is 3.95. The number of hydrogen-bond donors (Lipinski definition) is 3. The van der Waals surface area contributed by atoms with Crippen molar-refractivity contribution in [3.63, 3.8) is 0 Å². The van der Waals surface area contributed by atoms with Crippen LogP contribution in [0.25, 0.3) is 0 Å². The third kappa shape index (κ3) is 4.56. The van der Waals surface area contributed by atoms with Crippen molar-refractivity contribution in [2.75, 3.05) is 10.6 Å². The van der Waals surface area contributed by atoms with Gasteiger partial charge in [-0.15, -0.1) is 0 Å². The lowest BCUT2D eigenvalue weighted by Crippen LogP contribution is -2.21. The maximum Gasteiger partial charge on any atom is 0.337 e. The van der Waals surface area contributed by atoms with Gasteiger partial charge in [0.2, 0.25) is 0 Å². The summed E-state index contributed by atoms with van der Waals surface area (Å²) in [5.74, 6) is -1.09. The summed E-state index contributed by atoms with van der Waals surface area (Å²) in [5.41, 5.74) is 0.945. The van der Waals surface area contributed by atoms with Crippen LogP contribution in [-0.2, 0) is 0 Å². The van der Waals surface area contributed by atoms with Gasteiger partial charge in [0.15, 0.2) is 0 Å². The van der Waals surface area contributed by atoms with E-state index in [1.165, 1.54) is 6.07 Å². The van der Waals surface area contributed by atoms with E-state index in [2.05, 4.69) is 33.2 Å². The summed E-state index contributed by atoms with van der Waals surface area (Å²) in [4.78, 5) is 23.1. The quantitative estimate of drug-likeness (QED) is 0.544. The molecule has 0 aliphatic heterocycles. The number of carbonyl (C=O) groups is 2. The molecule has 0 atom stereocenters. The summed E-state index contributed by atoms with van der Waals surface area (Å²) >= 11 is 4.19. The molecule has 0 aromatic heterocycles. The van der Waals surface area contributed by atoms with E-state index in [0.29, 0.717) is 5.69 Å². The summed E-state index contributed by atoms with van der Waals surface area (Å²) in [7, 11) is 0. The molecule has 2 aromatic carbocycles. The maximum absolute atomic E-state index is 11.9. The van der Waals surface area contributed by atoms with Crippen molar-refractivity contribution >= 4 is 68.6 Å². The monoisotopic (exact) mass is 508 g/mol. The lowest BCUT2D eigenvalue weighted by molar-refractivity contribution is 0.0698. The van der Waals surface area contributed by atoms with Crippen LogP contribution < -0.4 is 10.6 Å². The predicted octanol–water partition coefficient (Wildman–Crippen LogP) is 4.24. The normalized spacial score (nSPS) is 10.0. The number of anilines is 2. The second-order valence-corrected chi connectivity index (χ2v) is 6.57. The topological polar surface area (TPSA) is 78.4 Å². The van der Waals surface area contributed by atoms with Gasteiger partial charge in [-0.05, 0) is 87.6 Å². The van der Waals surface area contributed by atoms with Gasteiger partial charge in [0.25, 0.3) is 0 Å². The van der Waals surface area contributed by atoms with Crippen molar-refractivity contribution in [1.29, 1.82) is 0 Å². The summed E-state index contributed by atoms with van der Waals surface area (Å²) < 4.78 is 1.85. The van der Waals surface area contributed by atoms with Gasteiger partial charge in [-0.1, -0.05) is 0 Å². The number of carbonyl (C=O) groups excluding carboxylic acids is 1. The van der Waals surface area contributed by atoms with Gasteiger partial charge in [-0.2, -0.15) is 0 Å².